The van der Waals surface area contributed by atoms with Crippen LogP contribution in [0.5, 0.6) is 0 Å². The number of aryl methyl sites for hydroxylation is 1. The molecule has 6 heteroatoms. The molecule has 0 unspecified atom stereocenters. The van der Waals surface area contributed by atoms with E-state index in [1.807, 2.05) is 45.0 Å². The van der Waals surface area contributed by atoms with E-state index >= 15 is 0 Å². The smallest absolute Gasteiger partial charge is 0.352 e. The van der Waals surface area contributed by atoms with E-state index in [0.717, 1.165) is 11.1 Å². The number of benzene rings is 1. The van der Waals surface area contributed by atoms with Gasteiger partial charge in [0.25, 0.3) is 0 Å². The van der Waals surface area contributed by atoms with Gasteiger partial charge in [0.15, 0.2) is 5.82 Å². The molecule has 1 aromatic heterocycles. The monoisotopic (exact) mass is 275 g/mol. The fourth-order valence-electron chi connectivity index (χ4n) is 1.83. The fraction of sp³-hybridized carbons (Fsp3) is 0.357. The van der Waals surface area contributed by atoms with Gasteiger partial charge in [-0.2, -0.15) is 0 Å². The van der Waals surface area contributed by atoms with Gasteiger partial charge in [0.2, 0.25) is 5.91 Å². The first-order chi connectivity index (χ1) is 9.47. The summed E-state index contributed by atoms with van der Waals surface area (Å²) in [5.74, 6) is -0.535. The highest BCUT2D eigenvalue weighted by atomic mass is 16.5. The van der Waals surface area contributed by atoms with Crippen molar-refractivity contribution in [3.63, 3.8) is 0 Å². The summed E-state index contributed by atoms with van der Waals surface area (Å²) in [7, 11) is 0. The third-order valence-electron chi connectivity index (χ3n) is 2.75. The van der Waals surface area contributed by atoms with Gasteiger partial charge in [-0.1, -0.05) is 35.0 Å². The summed E-state index contributed by atoms with van der Waals surface area (Å²) in [6.45, 7) is 5.57. The van der Waals surface area contributed by atoms with Crippen molar-refractivity contribution in [3.05, 3.63) is 40.4 Å². The van der Waals surface area contributed by atoms with E-state index in [0.29, 0.717) is 5.82 Å². The molecule has 0 fully saturated rings. The number of aromatic nitrogens is 2. The lowest BCUT2D eigenvalue weighted by Gasteiger charge is -2.09. The van der Waals surface area contributed by atoms with E-state index in [-0.39, 0.29) is 18.5 Å². The Balaban J connectivity index is 2.30. The molecule has 0 aliphatic rings. The van der Waals surface area contributed by atoms with Gasteiger partial charge >= 0.3 is 5.76 Å². The van der Waals surface area contributed by atoms with Crippen LogP contribution in [0, 0.1) is 6.92 Å². The van der Waals surface area contributed by atoms with E-state index < -0.39 is 5.76 Å². The Morgan fingerprint density at radius 3 is 2.60 bits per heavy atom. The predicted octanol–water partition coefficient (Wildman–Crippen LogP) is 1.34. The van der Waals surface area contributed by atoms with Crippen molar-refractivity contribution in [2.45, 2.75) is 33.4 Å². The number of nitrogens with zero attached hydrogens (tertiary/aromatic N) is 2. The summed E-state index contributed by atoms with van der Waals surface area (Å²) in [6.07, 6.45) is 0. The molecular formula is C14H17N3O3. The van der Waals surface area contributed by atoms with Crippen LogP contribution >= 0.6 is 0 Å². The number of nitrogens with one attached hydrogen (secondary N) is 1. The number of hydrogen-bond donors (Lipinski definition) is 1. The number of carbonyl (C=O) groups excluding carboxylic acids is 1. The van der Waals surface area contributed by atoms with Gasteiger partial charge in [-0.15, -0.1) is 0 Å². The Kier molecular flexibility index (Phi) is 4.02. The molecule has 0 bridgehead atoms. The zero-order valence-corrected chi connectivity index (χ0v) is 11.7. The van der Waals surface area contributed by atoms with Crippen LogP contribution in [0.15, 0.2) is 33.6 Å². The third-order valence-corrected chi connectivity index (χ3v) is 2.75. The minimum atomic E-state index is -0.639. The molecule has 0 aliphatic carbocycles. The van der Waals surface area contributed by atoms with Crippen LogP contribution in [-0.2, 0) is 11.3 Å². The summed E-state index contributed by atoms with van der Waals surface area (Å²) in [5, 5.41) is 6.47. The quantitative estimate of drug-likeness (QED) is 0.913. The van der Waals surface area contributed by atoms with Crippen molar-refractivity contribution in [2.75, 3.05) is 0 Å². The second-order valence-corrected chi connectivity index (χ2v) is 4.95. The van der Waals surface area contributed by atoms with Gasteiger partial charge in [0.05, 0.1) is 0 Å². The van der Waals surface area contributed by atoms with E-state index in [1.54, 1.807) is 0 Å². The number of hydrogen-bond acceptors (Lipinski definition) is 4. The highest BCUT2D eigenvalue weighted by Gasteiger charge is 2.15. The summed E-state index contributed by atoms with van der Waals surface area (Å²) < 4.78 is 5.89. The molecule has 0 radical (unpaired) electrons. The second kappa shape index (κ2) is 5.73. The van der Waals surface area contributed by atoms with Crippen molar-refractivity contribution in [3.8, 4) is 11.4 Å². The molecule has 20 heavy (non-hydrogen) atoms. The zero-order valence-electron chi connectivity index (χ0n) is 11.7. The Bertz CT molecular complexity index is 653. The topological polar surface area (TPSA) is 77.1 Å². The lowest BCUT2D eigenvalue weighted by atomic mass is 10.1. The Morgan fingerprint density at radius 1 is 1.35 bits per heavy atom. The van der Waals surface area contributed by atoms with Crippen molar-refractivity contribution in [1.29, 1.82) is 0 Å². The van der Waals surface area contributed by atoms with Gasteiger partial charge in [-0.3, -0.25) is 9.32 Å². The van der Waals surface area contributed by atoms with Crippen molar-refractivity contribution in [2.24, 2.45) is 0 Å². The second-order valence-electron chi connectivity index (χ2n) is 4.95. The Labute approximate surface area is 116 Å². The van der Waals surface area contributed by atoms with Crippen LogP contribution in [0.4, 0.5) is 0 Å². The van der Waals surface area contributed by atoms with Crippen LogP contribution in [0.25, 0.3) is 11.4 Å². The van der Waals surface area contributed by atoms with Crippen molar-refractivity contribution < 1.29 is 9.32 Å². The summed E-state index contributed by atoms with van der Waals surface area (Å²) >= 11 is 0. The normalized spacial score (nSPS) is 10.8. The summed E-state index contributed by atoms with van der Waals surface area (Å²) in [4.78, 5) is 23.4. The predicted molar refractivity (Wildman–Crippen MR) is 74.2 cm³/mol. The van der Waals surface area contributed by atoms with Gasteiger partial charge in [0, 0.05) is 11.6 Å². The molecule has 1 amide bonds. The minimum absolute atomic E-state index is 0.0147. The first-order valence-corrected chi connectivity index (χ1v) is 6.40. The highest BCUT2D eigenvalue weighted by molar-refractivity contribution is 5.76. The van der Waals surface area contributed by atoms with Gasteiger partial charge in [-0.05, 0) is 20.8 Å². The highest BCUT2D eigenvalue weighted by Crippen LogP contribution is 2.16. The molecule has 106 valence electrons. The number of amides is 1. The van der Waals surface area contributed by atoms with E-state index in [1.165, 1.54) is 4.57 Å². The van der Waals surface area contributed by atoms with E-state index in [2.05, 4.69) is 15.0 Å². The lowest BCUT2D eigenvalue weighted by Crippen LogP contribution is -2.35. The summed E-state index contributed by atoms with van der Waals surface area (Å²) in [5.41, 5.74) is 1.84. The average molecular weight is 275 g/mol. The van der Waals surface area contributed by atoms with Crippen molar-refractivity contribution in [1.82, 2.24) is 15.0 Å². The average Bonchev–Trinajstić information content (AvgIpc) is 2.71. The van der Waals surface area contributed by atoms with Gasteiger partial charge in [0.1, 0.15) is 6.54 Å². The minimum Gasteiger partial charge on any atom is -0.352 e. The van der Waals surface area contributed by atoms with Crippen molar-refractivity contribution >= 4 is 5.91 Å². The summed E-state index contributed by atoms with van der Waals surface area (Å²) in [6, 6.07) is 7.51. The van der Waals surface area contributed by atoms with E-state index in [9.17, 15) is 9.59 Å². The number of rotatable bonds is 4. The molecule has 0 saturated heterocycles. The third kappa shape index (κ3) is 3.14. The molecule has 1 aromatic carbocycles. The maximum atomic E-state index is 11.8. The lowest BCUT2D eigenvalue weighted by molar-refractivity contribution is -0.122. The Morgan fingerprint density at radius 2 is 2.00 bits per heavy atom. The molecule has 6 nitrogen and oxygen atoms in total. The molecule has 2 aromatic rings. The number of carbonyl (C=O) groups is 1. The van der Waals surface area contributed by atoms with Gasteiger partial charge < -0.3 is 5.32 Å². The molecule has 0 atom stereocenters. The van der Waals surface area contributed by atoms with Crippen LogP contribution < -0.4 is 11.1 Å². The molecule has 0 aliphatic heterocycles. The molecule has 1 N–H and O–H groups in total. The standard InChI is InChI=1S/C14H17N3O3/c1-9(2)15-12(18)8-17-13(16-20-14(17)19)11-6-4-10(3)5-7-11/h4-7,9H,8H2,1-3H3,(H,15,18). The molecular weight excluding hydrogens is 258 g/mol. The van der Waals surface area contributed by atoms with E-state index in [4.69, 9.17) is 0 Å². The maximum absolute atomic E-state index is 11.8. The largest absolute Gasteiger partial charge is 0.442 e. The molecule has 2 rings (SSSR count). The molecule has 0 saturated carbocycles. The molecule has 0 spiro atoms. The van der Waals surface area contributed by atoms with Crippen LogP contribution in [0.1, 0.15) is 19.4 Å². The van der Waals surface area contributed by atoms with Crippen LogP contribution in [0.3, 0.4) is 0 Å². The maximum Gasteiger partial charge on any atom is 0.442 e. The molecule has 1 heterocycles. The first-order valence-electron chi connectivity index (χ1n) is 6.40. The fourth-order valence-corrected chi connectivity index (χ4v) is 1.83. The SMILES string of the molecule is Cc1ccc(-c2noc(=O)n2CC(=O)NC(C)C)cc1. The van der Waals surface area contributed by atoms with Crippen LogP contribution in [-0.4, -0.2) is 21.7 Å². The van der Waals surface area contributed by atoms with Crippen LogP contribution in [0.2, 0.25) is 0 Å². The van der Waals surface area contributed by atoms with Gasteiger partial charge in [-0.25, -0.2) is 9.36 Å². The zero-order chi connectivity index (χ0) is 14.7. The first kappa shape index (κ1) is 14.0. The Hall–Kier alpha value is -2.37.